The molecule has 0 fully saturated rings. The highest BCUT2D eigenvalue weighted by molar-refractivity contribution is 6.57. The minimum absolute atomic E-state index is 0.713. The zero-order valence-corrected chi connectivity index (χ0v) is 6.91. The van der Waals surface area contributed by atoms with E-state index >= 15 is 0 Å². The zero-order chi connectivity index (χ0) is 7.23. The average Bonchev–Trinajstić information content (AvgIpc) is 2.03. The molecule has 0 aliphatic carbocycles. The normalized spacial score (nSPS) is 10.5. The van der Waals surface area contributed by atoms with Crippen LogP contribution < -0.4 is 5.32 Å². The van der Waals surface area contributed by atoms with Gasteiger partial charge in [-0.05, 0) is 19.1 Å². The lowest BCUT2D eigenvalue weighted by atomic mass is 10.5. The lowest BCUT2D eigenvalue weighted by Gasteiger charge is -1.89. The summed E-state index contributed by atoms with van der Waals surface area (Å²) < 4.78 is 0. The van der Waals surface area contributed by atoms with Gasteiger partial charge in [0.15, 0.2) is 0 Å². The third-order valence-electron chi connectivity index (χ3n) is 1.06. The van der Waals surface area contributed by atoms with E-state index in [2.05, 4.69) is 10.7 Å². The lowest BCUT2D eigenvalue weighted by Crippen LogP contribution is -2.14. The van der Waals surface area contributed by atoms with Gasteiger partial charge in [-0.2, -0.15) is 0 Å². The predicted molar refractivity (Wildman–Crippen MR) is 44.4 cm³/mol. The van der Waals surface area contributed by atoms with E-state index in [0.717, 1.165) is 5.32 Å². The van der Waals surface area contributed by atoms with Crippen LogP contribution in [-0.4, -0.2) is 14.5 Å². The highest BCUT2D eigenvalue weighted by Crippen LogP contribution is 1.76. The van der Waals surface area contributed by atoms with Gasteiger partial charge in [0, 0.05) is 11.5 Å². The highest BCUT2D eigenvalue weighted by atomic mass is 28.2. The number of allylic oxidation sites excluding steroid dienone is 1. The maximum absolute atomic E-state index is 4.18. The summed E-state index contributed by atoms with van der Waals surface area (Å²) in [5.74, 6) is 0. The van der Waals surface area contributed by atoms with E-state index in [9.17, 15) is 0 Å². The number of nitrogens with zero attached hydrogens (tertiary/aromatic N) is 1. The molecule has 1 aromatic rings. The van der Waals surface area contributed by atoms with Crippen LogP contribution in [0.25, 0.3) is 0 Å². The molecule has 2 heteroatoms. The summed E-state index contributed by atoms with van der Waals surface area (Å²) in [6, 6.07) is 5.99. The van der Waals surface area contributed by atoms with Gasteiger partial charge in [0.05, 0.1) is 0 Å². The molecule has 0 aromatic carbocycles. The van der Waals surface area contributed by atoms with Gasteiger partial charge in [-0.1, -0.05) is 17.8 Å². The van der Waals surface area contributed by atoms with Crippen LogP contribution in [0.15, 0.2) is 36.2 Å². The van der Waals surface area contributed by atoms with E-state index in [4.69, 9.17) is 0 Å². The monoisotopic (exact) mass is 147 g/mol. The molecule has 1 rings (SSSR count). The molecule has 1 nitrogen and oxygen atoms in total. The fraction of sp³-hybridized carbons (Fsp3) is 0.125. The van der Waals surface area contributed by atoms with E-state index in [1.807, 2.05) is 37.4 Å². The van der Waals surface area contributed by atoms with Crippen molar-refractivity contribution in [3.8, 4) is 0 Å². The predicted octanol–water partition coefficient (Wildman–Crippen LogP) is 0.945. The molecule has 0 atom stereocenters. The van der Waals surface area contributed by atoms with E-state index in [0.29, 0.717) is 9.52 Å². The van der Waals surface area contributed by atoms with Gasteiger partial charge in [0.2, 0.25) is 0 Å². The molecule has 2 radical (unpaired) electrons. The molecule has 0 saturated carbocycles. The summed E-state index contributed by atoms with van der Waals surface area (Å²) in [4.78, 5) is 4.18. The van der Waals surface area contributed by atoms with Crippen LogP contribution in [0, 0.1) is 0 Å². The first-order valence-electron chi connectivity index (χ1n) is 3.22. The summed E-state index contributed by atoms with van der Waals surface area (Å²) >= 11 is 0. The first-order valence-corrected chi connectivity index (χ1v) is 4.30. The van der Waals surface area contributed by atoms with Crippen molar-refractivity contribution < 1.29 is 0 Å². The standard InChI is InChI=1S/C8H9NSi/c1-2-7-10-8-5-3-4-6-9-8/h2-7H,1H3/b7-2+. The summed E-state index contributed by atoms with van der Waals surface area (Å²) in [6.45, 7) is 2.02. The molecular weight excluding hydrogens is 138 g/mol. The smallest absolute Gasteiger partial charge is 0.138 e. The molecule has 0 aliphatic heterocycles. The van der Waals surface area contributed by atoms with Crippen molar-refractivity contribution in [3.05, 3.63) is 36.2 Å². The Labute approximate surface area is 63.6 Å². The third kappa shape index (κ3) is 2.15. The number of rotatable bonds is 2. The SMILES string of the molecule is C/C=C/[Si]c1ccccn1. The van der Waals surface area contributed by atoms with Crippen molar-refractivity contribution in [3.63, 3.8) is 0 Å². The van der Waals surface area contributed by atoms with Crippen LogP contribution in [0.1, 0.15) is 6.92 Å². The van der Waals surface area contributed by atoms with Crippen LogP contribution in [0.4, 0.5) is 0 Å². The fourth-order valence-electron chi connectivity index (χ4n) is 0.617. The number of pyridine rings is 1. The molecule has 0 saturated heterocycles. The highest BCUT2D eigenvalue weighted by Gasteiger charge is 1.86. The van der Waals surface area contributed by atoms with Gasteiger partial charge in [-0.3, -0.25) is 4.98 Å². The van der Waals surface area contributed by atoms with Gasteiger partial charge in [0.1, 0.15) is 9.52 Å². The van der Waals surface area contributed by atoms with Gasteiger partial charge >= 0.3 is 0 Å². The van der Waals surface area contributed by atoms with Crippen LogP contribution in [0.5, 0.6) is 0 Å². The molecule has 0 N–H and O–H groups in total. The Morgan fingerprint density at radius 3 is 3.00 bits per heavy atom. The van der Waals surface area contributed by atoms with Crippen molar-refractivity contribution in [1.29, 1.82) is 0 Å². The van der Waals surface area contributed by atoms with E-state index in [1.54, 1.807) is 0 Å². The Kier molecular flexibility index (Phi) is 2.89. The van der Waals surface area contributed by atoms with E-state index in [-0.39, 0.29) is 0 Å². The van der Waals surface area contributed by atoms with Crippen LogP contribution in [0.2, 0.25) is 0 Å². The van der Waals surface area contributed by atoms with Crippen molar-refractivity contribution >= 4 is 14.8 Å². The quantitative estimate of drug-likeness (QED) is 0.567. The number of aromatic nitrogens is 1. The lowest BCUT2D eigenvalue weighted by molar-refractivity contribution is 1.39. The first kappa shape index (κ1) is 7.22. The number of hydrogen-bond donors (Lipinski definition) is 0. The molecule has 1 heterocycles. The van der Waals surface area contributed by atoms with Gasteiger partial charge in [0.25, 0.3) is 0 Å². The topological polar surface area (TPSA) is 12.9 Å². The summed E-state index contributed by atoms with van der Waals surface area (Å²) in [7, 11) is 0.713. The second-order valence-electron chi connectivity index (χ2n) is 1.86. The molecule has 0 bridgehead atoms. The van der Waals surface area contributed by atoms with Crippen LogP contribution >= 0.6 is 0 Å². The Morgan fingerprint density at radius 1 is 1.50 bits per heavy atom. The minimum Gasteiger partial charge on any atom is -0.266 e. The molecule has 10 heavy (non-hydrogen) atoms. The van der Waals surface area contributed by atoms with Crippen molar-refractivity contribution in [2.75, 3.05) is 0 Å². The molecular formula is C8H9NSi. The number of hydrogen-bond acceptors (Lipinski definition) is 1. The molecule has 50 valence electrons. The molecule has 1 aromatic heterocycles. The Bertz CT molecular complexity index is 206. The van der Waals surface area contributed by atoms with Crippen molar-refractivity contribution in [2.45, 2.75) is 6.92 Å². The second-order valence-corrected chi connectivity index (χ2v) is 2.99. The van der Waals surface area contributed by atoms with Crippen LogP contribution in [0.3, 0.4) is 0 Å². The zero-order valence-electron chi connectivity index (χ0n) is 5.91. The molecule has 0 amide bonds. The van der Waals surface area contributed by atoms with E-state index in [1.165, 1.54) is 0 Å². The molecule has 0 aliphatic rings. The summed E-state index contributed by atoms with van der Waals surface area (Å²) in [5.41, 5.74) is 2.13. The maximum atomic E-state index is 4.18. The van der Waals surface area contributed by atoms with E-state index < -0.39 is 0 Å². The van der Waals surface area contributed by atoms with Crippen molar-refractivity contribution in [1.82, 2.24) is 4.98 Å². The summed E-state index contributed by atoms with van der Waals surface area (Å²) in [6.07, 6.45) is 3.87. The van der Waals surface area contributed by atoms with Crippen LogP contribution in [-0.2, 0) is 0 Å². The fourth-order valence-corrected chi connectivity index (χ4v) is 1.30. The molecule has 0 unspecified atom stereocenters. The summed E-state index contributed by atoms with van der Waals surface area (Å²) in [5, 5.41) is 1.15. The van der Waals surface area contributed by atoms with Gasteiger partial charge in [-0.15, -0.1) is 0 Å². The third-order valence-corrected chi connectivity index (χ3v) is 2.15. The second kappa shape index (κ2) is 4.01. The Hall–Kier alpha value is -0.893. The Balaban J connectivity index is 2.59. The van der Waals surface area contributed by atoms with Crippen molar-refractivity contribution in [2.24, 2.45) is 0 Å². The Morgan fingerprint density at radius 2 is 2.40 bits per heavy atom. The van der Waals surface area contributed by atoms with Gasteiger partial charge in [-0.25, -0.2) is 0 Å². The average molecular weight is 147 g/mol. The first-order chi connectivity index (χ1) is 4.93. The van der Waals surface area contributed by atoms with Gasteiger partial charge < -0.3 is 0 Å². The maximum Gasteiger partial charge on any atom is 0.138 e. The molecule has 0 spiro atoms. The minimum atomic E-state index is 0.713. The largest absolute Gasteiger partial charge is 0.266 e.